The van der Waals surface area contributed by atoms with E-state index in [9.17, 15) is 0 Å². The third-order valence-electron chi connectivity index (χ3n) is 3.98. The van der Waals surface area contributed by atoms with Crippen LogP contribution in [0.25, 0.3) is 0 Å². The van der Waals surface area contributed by atoms with Gasteiger partial charge in [-0.3, -0.25) is 4.68 Å². The van der Waals surface area contributed by atoms with Crippen molar-refractivity contribution in [2.45, 2.75) is 78.8 Å². The minimum Gasteiger partial charge on any atom is -0.308 e. The molecule has 1 N–H and O–H groups in total. The van der Waals surface area contributed by atoms with E-state index in [1.165, 1.54) is 31.4 Å². The van der Waals surface area contributed by atoms with Crippen LogP contribution in [0.1, 0.15) is 84.5 Å². The van der Waals surface area contributed by atoms with E-state index in [1.807, 2.05) is 0 Å². The first-order chi connectivity index (χ1) is 10.1. The van der Waals surface area contributed by atoms with Crippen LogP contribution in [-0.2, 0) is 0 Å². The highest BCUT2D eigenvalue weighted by Crippen LogP contribution is 2.34. The normalized spacial score (nSPS) is 13.3. The number of nitrogens with zero attached hydrogens (tertiary/aromatic N) is 2. The minimum atomic E-state index is 0.308. The van der Waals surface area contributed by atoms with Crippen molar-refractivity contribution in [1.29, 1.82) is 0 Å². The van der Waals surface area contributed by atoms with E-state index in [0.29, 0.717) is 18.0 Å². The fourth-order valence-electron chi connectivity index (χ4n) is 3.06. The van der Waals surface area contributed by atoms with Gasteiger partial charge in [0.25, 0.3) is 0 Å². The summed E-state index contributed by atoms with van der Waals surface area (Å²) in [6, 6.07) is 0.643. The largest absolute Gasteiger partial charge is 0.308 e. The van der Waals surface area contributed by atoms with Crippen molar-refractivity contribution < 1.29 is 0 Å². The lowest BCUT2D eigenvalue weighted by Gasteiger charge is -2.30. The first-order valence-corrected chi connectivity index (χ1v) is 8.90. The molecule has 122 valence electrons. The highest BCUT2D eigenvalue weighted by molar-refractivity contribution is 6.31. The number of halogens is 1. The van der Waals surface area contributed by atoms with Crippen molar-refractivity contribution in [3.63, 3.8) is 0 Å². The van der Waals surface area contributed by atoms with Crippen molar-refractivity contribution in [3.8, 4) is 0 Å². The molecule has 0 radical (unpaired) electrons. The molecule has 0 aliphatic heterocycles. The van der Waals surface area contributed by atoms with Gasteiger partial charge in [-0.05, 0) is 45.6 Å². The zero-order valence-electron chi connectivity index (χ0n) is 14.3. The Hall–Kier alpha value is -0.540. The van der Waals surface area contributed by atoms with E-state index in [0.717, 1.165) is 18.0 Å². The standard InChI is InChI=1S/C17H32ClN3/c1-6-9-14(10-7-2)16(19-11-8-3)17-15(18)12-20-21(17)13(4)5/h12-14,16,19H,6-11H2,1-5H3. The number of hydrogen-bond donors (Lipinski definition) is 1. The molecule has 21 heavy (non-hydrogen) atoms. The molecule has 0 saturated heterocycles. The quantitative estimate of drug-likeness (QED) is 0.629. The molecule has 1 aromatic heterocycles. The number of rotatable bonds is 10. The second-order valence-electron chi connectivity index (χ2n) is 6.19. The molecule has 0 saturated carbocycles. The van der Waals surface area contributed by atoms with Crippen molar-refractivity contribution in [3.05, 3.63) is 16.9 Å². The Kier molecular flexibility index (Phi) is 8.35. The Morgan fingerprint density at radius 3 is 2.24 bits per heavy atom. The SMILES string of the molecule is CCCNC(c1c(Cl)cnn1C(C)C)C(CCC)CCC. The summed E-state index contributed by atoms with van der Waals surface area (Å²) in [6.45, 7) is 12.1. The van der Waals surface area contributed by atoms with Crippen molar-refractivity contribution in [1.82, 2.24) is 15.1 Å². The van der Waals surface area contributed by atoms with Gasteiger partial charge in [0.1, 0.15) is 0 Å². The highest BCUT2D eigenvalue weighted by atomic mass is 35.5. The molecular formula is C17H32ClN3. The smallest absolute Gasteiger partial charge is 0.0834 e. The zero-order valence-corrected chi connectivity index (χ0v) is 15.1. The molecule has 1 heterocycles. The van der Waals surface area contributed by atoms with Gasteiger partial charge < -0.3 is 5.32 Å². The summed E-state index contributed by atoms with van der Waals surface area (Å²) in [4.78, 5) is 0. The predicted molar refractivity (Wildman–Crippen MR) is 92.0 cm³/mol. The van der Waals surface area contributed by atoms with Crippen LogP contribution >= 0.6 is 11.6 Å². The van der Waals surface area contributed by atoms with Crippen LogP contribution in [-0.4, -0.2) is 16.3 Å². The van der Waals surface area contributed by atoms with Crippen LogP contribution in [0.5, 0.6) is 0 Å². The van der Waals surface area contributed by atoms with Gasteiger partial charge in [0.15, 0.2) is 0 Å². The van der Waals surface area contributed by atoms with Gasteiger partial charge in [0.05, 0.1) is 23.0 Å². The third-order valence-corrected chi connectivity index (χ3v) is 4.27. The molecule has 0 amide bonds. The molecule has 1 aromatic rings. The Labute approximate surface area is 135 Å². The molecule has 1 rings (SSSR count). The van der Waals surface area contributed by atoms with Gasteiger partial charge in [-0.2, -0.15) is 5.10 Å². The summed E-state index contributed by atoms with van der Waals surface area (Å²) in [5.74, 6) is 0.623. The second-order valence-corrected chi connectivity index (χ2v) is 6.59. The van der Waals surface area contributed by atoms with Gasteiger partial charge in [0.2, 0.25) is 0 Å². The van der Waals surface area contributed by atoms with Gasteiger partial charge in [0, 0.05) is 6.04 Å². The molecule has 0 aromatic carbocycles. The first-order valence-electron chi connectivity index (χ1n) is 8.52. The lowest BCUT2D eigenvalue weighted by atomic mass is 9.88. The van der Waals surface area contributed by atoms with Crippen LogP contribution in [0, 0.1) is 5.92 Å². The molecule has 1 unspecified atom stereocenters. The summed E-state index contributed by atoms with van der Waals surface area (Å²) in [7, 11) is 0. The average molecular weight is 314 g/mol. The first kappa shape index (κ1) is 18.5. The van der Waals surface area contributed by atoms with Crippen LogP contribution in [0.2, 0.25) is 5.02 Å². The zero-order chi connectivity index (χ0) is 15.8. The van der Waals surface area contributed by atoms with E-state index in [2.05, 4.69) is 49.7 Å². The fourth-order valence-corrected chi connectivity index (χ4v) is 3.31. The minimum absolute atomic E-state index is 0.308. The van der Waals surface area contributed by atoms with Crippen molar-refractivity contribution >= 4 is 11.6 Å². The second kappa shape index (κ2) is 9.47. The third kappa shape index (κ3) is 5.00. The van der Waals surface area contributed by atoms with Gasteiger partial charge >= 0.3 is 0 Å². The number of nitrogens with one attached hydrogen (secondary N) is 1. The lowest BCUT2D eigenvalue weighted by molar-refractivity contribution is 0.296. The van der Waals surface area contributed by atoms with Gasteiger partial charge in [-0.1, -0.05) is 45.2 Å². The maximum absolute atomic E-state index is 6.48. The summed E-state index contributed by atoms with van der Waals surface area (Å²) in [5, 5.41) is 9.02. The molecule has 4 heteroatoms. The van der Waals surface area contributed by atoms with E-state index < -0.39 is 0 Å². The molecule has 3 nitrogen and oxygen atoms in total. The molecule has 1 atom stereocenters. The predicted octanol–water partition coefficient (Wildman–Crippen LogP) is 5.37. The topological polar surface area (TPSA) is 29.9 Å². The summed E-state index contributed by atoms with van der Waals surface area (Å²) < 4.78 is 2.09. The van der Waals surface area contributed by atoms with E-state index in [1.54, 1.807) is 6.20 Å². The number of aromatic nitrogens is 2. The van der Waals surface area contributed by atoms with Crippen molar-refractivity contribution in [2.75, 3.05) is 6.54 Å². The molecular weight excluding hydrogens is 282 g/mol. The van der Waals surface area contributed by atoms with Crippen LogP contribution in [0.4, 0.5) is 0 Å². The van der Waals surface area contributed by atoms with E-state index >= 15 is 0 Å². The Balaban J connectivity index is 3.13. The monoisotopic (exact) mass is 313 g/mol. The van der Waals surface area contributed by atoms with Crippen LogP contribution in [0.3, 0.4) is 0 Å². The lowest BCUT2D eigenvalue weighted by Crippen LogP contribution is -2.32. The van der Waals surface area contributed by atoms with Crippen molar-refractivity contribution in [2.24, 2.45) is 5.92 Å². The average Bonchev–Trinajstić information content (AvgIpc) is 2.82. The highest BCUT2D eigenvalue weighted by Gasteiger charge is 2.27. The fraction of sp³-hybridized carbons (Fsp3) is 0.824. The molecule has 0 aliphatic carbocycles. The molecule has 0 bridgehead atoms. The molecule has 0 fully saturated rings. The summed E-state index contributed by atoms with van der Waals surface area (Å²) in [6.07, 6.45) is 7.82. The summed E-state index contributed by atoms with van der Waals surface area (Å²) in [5.41, 5.74) is 1.17. The van der Waals surface area contributed by atoms with Crippen LogP contribution < -0.4 is 5.32 Å². The van der Waals surface area contributed by atoms with Gasteiger partial charge in [-0.25, -0.2) is 0 Å². The van der Waals surface area contributed by atoms with E-state index in [-0.39, 0.29) is 0 Å². The maximum atomic E-state index is 6.48. The Morgan fingerprint density at radius 1 is 1.14 bits per heavy atom. The molecule has 0 spiro atoms. The van der Waals surface area contributed by atoms with Gasteiger partial charge in [-0.15, -0.1) is 0 Å². The Morgan fingerprint density at radius 2 is 1.76 bits per heavy atom. The molecule has 0 aliphatic rings. The summed E-state index contributed by atoms with van der Waals surface area (Å²) >= 11 is 6.48. The van der Waals surface area contributed by atoms with Crippen LogP contribution in [0.15, 0.2) is 6.20 Å². The maximum Gasteiger partial charge on any atom is 0.0834 e. The van der Waals surface area contributed by atoms with E-state index in [4.69, 9.17) is 11.6 Å². The number of hydrogen-bond acceptors (Lipinski definition) is 2. The Bertz CT molecular complexity index is 395.